The Morgan fingerprint density at radius 1 is 0.962 bits per heavy atom. The van der Waals surface area contributed by atoms with Gasteiger partial charge in [0.25, 0.3) is 0 Å². The molecule has 0 heterocycles. The average Bonchev–Trinajstić information content (AvgIpc) is 2.65. The molecular weight excluding hydrogens is 336 g/mol. The van der Waals surface area contributed by atoms with E-state index in [1.54, 1.807) is 0 Å². The molecule has 2 rings (SSSR count). The first-order chi connectivity index (χ1) is 12.5. The second kappa shape index (κ2) is 9.03. The predicted molar refractivity (Wildman–Crippen MR) is 95.1 cm³/mol. The van der Waals surface area contributed by atoms with Crippen molar-refractivity contribution in [3.8, 4) is 0 Å². The highest BCUT2D eigenvalue weighted by Crippen LogP contribution is 2.28. The van der Waals surface area contributed by atoms with Crippen LogP contribution in [0, 0.1) is 0 Å². The number of oxime groups is 1. The van der Waals surface area contributed by atoms with Crippen LogP contribution >= 0.6 is 0 Å². The standard InChI is InChI=1S/C19H18N2O5/c22-18(23)12-16(19(24)25)20-17(21-26)11-15(13-7-3-1-4-8-13)14-9-5-2-6-10-14/h1-10,12,15,26H,11H2,(H,20,21)(H,22,23)(H,24,25)/b16-12+. The fourth-order valence-electron chi connectivity index (χ4n) is 2.54. The molecule has 0 aliphatic heterocycles. The van der Waals surface area contributed by atoms with Gasteiger partial charge in [-0.25, -0.2) is 9.59 Å². The van der Waals surface area contributed by atoms with Gasteiger partial charge in [-0.05, 0) is 11.1 Å². The second-order valence-electron chi connectivity index (χ2n) is 5.45. The summed E-state index contributed by atoms with van der Waals surface area (Å²) in [5.41, 5.74) is 1.30. The van der Waals surface area contributed by atoms with Crippen LogP contribution in [0.3, 0.4) is 0 Å². The number of carboxylic acids is 2. The third kappa shape index (κ3) is 5.20. The Morgan fingerprint density at radius 2 is 1.46 bits per heavy atom. The first-order valence-electron chi connectivity index (χ1n) is 7.77. The fraction of sp³-hybridized carbons (Fsp3) is 0.105. The Labute approximate surface area is 149 Å². The van der Waals surface area contributed by atoms with Crippen LogP contribution in [0.15, 0.2) is 77.6 Å². The summed E-state index contributed by atoms with van der Waals surface area (Å²) in [7, 11) is 0. The van der Waals surface area contributed by atoms with Gasteiger partial charge in [-0.15, -0.1) is 0 Å². The lowest BCUT2D eigenvalue weighted by atomic mass is 9.88. The summed E-state index contributed by atoms with van der Waals surface area (Å²) in [4.78, 5) is 21.9. The van der Waals surface area contributed by atoms with Crippen LogP contribution in [0.25, 0.3) is 0 Å². The van der Waals surface area contributed by atoms with Crippen LogP contribution in [0.2, 0.25) is 0 Å². The van der Waals surface area contributed by atoms with Crippen LogP contribution in [-0.2, 0) is 9.59 Å². The second-order valence-corrected chi connectivity index (χ2v) is 5.45. The average molecular weight is 354 g/mol. The number of benzene rings is 2. The van der Waals surface area contributed by atoms with Gasteiger partial charge >= 0.3 is 11.9 Å². The molecule has 4 N–H and O–H groups in total. The zero-order chi connectivity index (χ0) is 18.9. The van der Waals surface area contributed by atoms with Gasteiger partial charge in [-0.2, -0.15) is 0 Å². The van der Waals surface area contributed by atoms with E-state index in [2.05, 4.69) is 10.5 Å². The highest BCUT2D eigenvalue weighted by molar-refractivity contribution is 5.99. The van der Waals surface area contributed by atoms with Crippen molar-refractivity contribution in [2.24, 2.45) is 5.16 Å². The van der Waals surface area contributed by atoms with E-state index >= 15 is 0 Å². The predicted octanol–water partition coefficient (Wildman–Crippen LogP) is 2.64. The third-order valence-electron chi connectivity index (χ3n) is 3.70. The molecule has 0 fully saturated rings. The Kier molecular flexibility index (Phi) is 6.50. The Hall–Kier alpha value is -3.61. The molecular formula is C19H18N2O5. The highest BCUT2D eigenvalue weighted by Gasteiger charge is 2.20. The number of carboxylic acid groups (broad SMARTS) is 2. The van der Waals surface area contributed by atoms with Gasteiger partial charge in [-0.3, -0.25) is 0 Å². The van der Waals surface area contributed by atoms with Crippen LogP contribution in [-0.4, -0.2) is 33.2 Å². The summed E-state index contributed by atoms with van der Waals surface area (Å²) in [6.45, 7) is 0. The topological polar surface area (TPSA) is 119 Å². The lowest BCUT2D eigenvalue weighted by Crippen LogP contribution is -2.29. The van der Waals surface area contributed by atoms with Gasteiger partial charge < -0.3 is 20.7 Å². The minimum absolute atomic E-state index is 0.0578. The molecule has 0 aliphatic carbocycles. The Balaban J connectivity index is 2.32. The molecule has 2 aromatic carbocycles. The van der Waals surface area contributed by atoms with E-state index < -0.39 is 17.6 Å². The molecule has 0 saturated carbocycles. The normalized spacial score (nSPS) is 12.0. The molecule has 7 nitrogen and oxygen atoms in total. The van der Waals surface area contributed by atoms with E-state index in [0.717, 1.165) is 11.1 Å². The smallest absolute Gasteiger partial charge is 0.352 e. The van der Waals surface area contributed by atoms with Crippen molar-refractivity contribution >= 4 is 17.8 Å². The minimum atomic E-state index is -1.47. The molecule has 0 spiro atoms. The molecule has 0 aromatic heterocycles. The molecule has 26 heavy (non-hydrogen) atoms. The van der Waals surface area contributed by atoms with Gasteiger partial charge in [0.05, 0.1) is 6.08 Å². The van der Waals surface area contributed by atoms with E-state index in [0.29, 0.717) is 6.08 Å². The maximum atomic E-state index is 11.2. The molecule has 2 aromatic rings. The van der Waals surface area contributed by atoms with Crippen LogP contribution in [0.1, 0.15) is 23.5 Å². The van der Waals surface area contributed by atoms with E-state index in [9.17, 15) is 14.8 Å². The highest BCUT2D eigenvalue weighted by atomic mass is 16.4. The summed E-state index contributed by atoms with van der Waals surface area (Å²) in [5.74, 6) is -3.16. The zero-order valence-electron chi connectivity index (χ0n) is 13.7. The van der Waals surface area contributed by atoms with Crippen molar-refractivity contribution in [3.05, 3.63) is 83.6 Å². The van der Waals surface area contributed by atoms with Crippen molar-refractivity contribution in [3.63, 3.8) is 0 Å². The summed E-state index contributed by atoms with van der Waals surface area (Å²) >= 11 is 0. The molecule has 0 bridgehead atoms. The van der Waals surface area contributed by atoms with Crippen LogP contribution in [0.5, 0.6) is 0 Å². The van der Waals surface area contributed by atoms with Crippen molar-refractivity contribution in [1.82, 2.24) is 5.32 Å². The lowest BCUT2D eigenvalue weighted by Gasteiger charge is -2.19. The number of aliphatic carboxylic acids is 2. The largest absolute Gasteiger partial charge is 0.478 e. The van der Waals surface area contributed by atoms with Gasteiger partial charge in [0.2, 0.25) is 0 Å². The number of hydrogen-bond acceptors (Lipinski definition) is 4. The maximum absolute atomic E-state index is 11.2. The molecule has 7 heteroatoms. The number of nitrogens with zero attached hydrogens (tertiary/aromatic N) is 1. The van der Waals surface area contributed by atoms with Crippen LogP contribution < -0.4 is 5.32 Å². The Bertz CT molecular complexity index is 777. The quantitative estimate of drug-likeness (QED) is 0.199. The lowest BCUT2D eigenvalue weighted by molar-refractivity contribution is -0.135. The van der Waals surface area contributed by atoms with E-state index in [-0.39, 0.29) is 18.2 Å². The maximum Gasteiger partial charge on any atom is 0.352 e. The molecule has 0 radical (unpaired) electrons. The van der Waals surface area contributed by atoms with Gasteiger partial charge in [0.1, 0.15) is 11.5 Å². The molecule has 0 amide bonds. The van der Waals surface area contributed by atoms with Gasteiger partial charge in [0, 0.05) is 12.3 Å². The monoisotopic (exact) mass is 354 g/mol. The number of hydrogen-bond donors (Lipinski definition) is 4. The molecule has 0 unspecified atom stereocenters. The summed E-state index contributed by atoms with van der Waals surface area (Å²) < 4.78 is 0. The van der Waals surface area contributed by atoms with Crippen molar-refractivity contribution in [2.45, 2.75) is 12.3 Å². The zero-order valence-corrected chi connectivity index (χ0v) is 13.7. The van der Waals surface area contributed by atoms with Gasteiger partial charge in [-0.1, -0.05) is 65.8 Å². The first kappa shape index (κ1) is 18.7. The summed E-state index contributed by atoms with van der Waals surface area (Å²) in [6.07, 6.45) is 0.655. The Morgan fingerprint density at radius 3 is 1.85 bits per heavy atom. The first-order valence-corrected chi connectivity index (χ1v) is 7.77. The van der Waals surface area contributed by atoms with E-state index in [4.69, 9.17) is 10.2 Å². The number of carbonyl (C=O) groups is 2. The third-order valence-corrected chi connectivity index (χ3v) is 3.70. The SMILES string of the molecule is O=C(O)/C=C(/N/C(CC(c1ccccc1)c1ccccc1)=N/O)C(=O)O. The summed E-state index contributed by atoms with van der Waals surface area (Å²) in [5, 5.41) is 32.7. The van der Waals surface area contributed by atoms with Crippen molar-refractivity contribution in [1.29, 1.82) is 0 Å². The van der Waals surface area contributed by atoms with Gasteiger partial charge in [0.15, 0.2) is 0 Å². The van der Waals surface area contributed by atoms with Crippen molar-refractivity contribution < 1.29 is 25.0 Å². The van der Waals surface area contributed by atoms with Crippen molar-refractivity contribution in [2.75, 3.05) is 0 Å². The minimum Gasteiger partial charge on any atom is -0.478 e. The molecule has 134 valence electrons. The van der Waals surface area contributed by atoms with E-state index in [1.807, 2.05) is 60.7 Å². The fourth-order valence-corrected chi connectivity index (χ4v) is 2.54. The summed E-state index contributed by atoms with van der Waals surface area (Å²) in [6, 6.07) is 18.9. The molecule has 0 atom stereocenters. The number of amidine groups is 1. The molecule has 0 saturated heterocycles. The molecule has 0 aliphatic rings. The number of rotatable bonds is 7. The number of nitrogens with one attached hydrogen (secondary N) is 1. The van der Waals surface area contributed by atoms with Crippen LogP contribution in [0.4, 0.5) is 0 Å². The van der Waals surface area contributed by atoms with E-state index in [1.165, 1.54) is 0 Å².